The molecule has 1 aromatic heterocycles. The molecule has 2 aromatic rings. The van der Waals surface area contributed by atoms with E-state index < -0.39 is 11.8 Å². The van der Waals surface area contributed by atoms with Crippen molar-refractivity contribution < 1.29 is 17.9 Å². The van der Waals surface area contributed by atoms with Crippen molar-refractivity contribution >= 4 is 10.9 Å². The summed E-state index contributed by atoms with van der Waals surface area (Å²) in [6.07, 6.45) is -2.50. The molecule has 1 saturated heterocycles. The van der Waals surface area contributed by atoms with E-state index in [9.17, 15) is 13.2 Å². The molecule has 0 spiro atoms. The van der Waals surface area contributed by atoms with Crippen molar-refractivity contribution in [2.24, 2.45) is 0 Å². The van der Waals surface area contributed by atoms with E-state index in [2.05, 4.69) is 10.3 Å². The standard InChI is InChI=1S/C15H15F3N2O/c16-15(17,18)14(7-3-8-19-10-14)21-12-6-1-4-11-5-2-9-20-13(11)12/h1-2,4-6,9,19H,3,7-8,10H2. The van der Waals surface area contributed by atoms with E-state index >= 15 is 0 Å². The molecule has 3 nitrogen and oxygen atoms in total. The molecule has 1 fully saturated rings. The normalized spacial score (nSPS) is 23.2. The lowest BCUT2D eigenvalue weighted by Crippen LogP contribution is -2.59. The van der Waals surface area contributed by atoms with Crippen molar-refractivity contribution in [3.05, 3.63) is 36.5 Å². The molecule has 0 aliphatic carbocycles. The van der Waals surface area contributed by atoms with E-state index in [4.69, 9.17) is 4.74 Å². The summed E-state index contributed by atoms with van der Waals surface area (Å²) in [5.74, 6) is 0.175. The zero-order chi connectivity index (χ0) is 14.9. The molecule has 1 aliphatic heterocycles. The first kappa shape index (κ1) is 14.1. The number of hydrogen-bond acceptors (Lipinski definition) is 3. The van der Waals surface area contributed by atoms with Gasteiger partial charge >= 0.3 is 6.18 Å². The molecule has 1 aromatic carbocycles. The third-order valence-electron chi connectivity index (χ3n) is 3.76. The average Bonchev–Trinajstić information content (AvgIpc) is 2.47. The van der Waals surface area contributed by atoms with Gasteiger partial charge in [-0.2, -0.15) is 13.2 Å². The zero-order valence-corrected chi connectivity index (χ0v) is 11.3. The highest BCUT2D eigenvalue weighted by Crippen LogP contribution is 2.40. The minimum atomic E-state index is -4.43. The zero-order valence-electron chi connectivity index (χ0n) is 11.3. The molecule has 21 heavy (non-hydrogen) atoms. The molecule has 2 heterocycles. The van der Waals surface area contributed by atoms with E-state index in [1.54, 1.807) is 30.5 Å². The Morgan fingerprint density at radius 2 is 2.00 bits per heavy atom. The fourth-order valence-corrected chi connectivity index (χ4v) is 2.63. The SMILES string of the molecule is FC(F)(F)C1(Oc2cccc3cccnc23)CCCNC1. The van der Waals surface area contributed by atoms with Gasteiger partial charge < -0.3 is 10.1 Å². The largest absolute Gasteiger partial charge is 0.474 e. The molecule has 0 bridgehead atoms. The van der Waals surface area contributed by atoms with Gasteiger partial charge in [-0.15, -0.1) is 0 Å². The van der Waals surface area contributed by atoms with Crippen LogP contribution in [0, 0.1) is 0 Å². The summed E-state index contributed by atoms with van der Waals surface area (Å²) in [4.78, 5) is 4.15. The van der Waals surface area contributed by atoms with Crippen LogP contribution in [0.4, 0.5) is 13.2 Å². The van der Waals surface area contributed by atoms with Crippen molar-refractivity contribution in [3.8, 4) is 5.75 Å². The van der Waals surface area contributed by atoms with E-state index in [0.29, 0.717) is 18.5 Å². The molecule has 0 radical (unpaired) electrons. The number of nitrogens with one attached hydrogen (secondary N) is 1. The lowest BCUT2D eigenvalue weighted by molar-refractivity contribution is -0.252. The number of piperidine rings is 1. The Morgan fingerprint density at radius 3 is 2.71 bits per heavy atom. The molecular formula is C15H15F3N2O. The first-order valence-electron chi connectivity index (χ1n) is 6.82. The fourth-order valence-electron chi connectivity index (χ4n) is 2.63. The van der Waals surface area contributed by atoms with Gasteiger partial charge in [0.1, 0.15) is 11.3 Å². The van der Waals surface area contributed by atoms with Crippen molar-refractivity contribution in [2.45, 2.75) is 24.6 Å². The third-order valence-corrected chi connectivity index (χ3v) is 3.76. The van der Waals surface area contributed by atoms with Crippen LogP contribution in [0.25, 0.3) is 10.9 Å². The Hall–Kier alpha value is -1.82. The maximum atomic E-state index is 13.5. The van der Waals surface area contributed by atoms with Crippen LogP contribution in [0.1, 0.15) is 12.8 Å². The van der Waals surface area contributed by atoms with Crippen molar-refractivity contribution in [3.63, 3.8) is 0 Å². The number of fused-ring (bicyclic) bond motifs is 1. The smallest absolute Gasteiger partial charge is 0.429 e. The Balaban J connectivity index is 2.02. The number of benzene rings is 1. The molecular weight excluding hydrogens is 281 g/mol. The maximum Gasteiger partial charge on any atom is 0.429 e. The number of rotatable bonds is 2. The van der Waals surface area contributed by atoms with Crippen LogP contribution in [0.2, 0.25) is 0 Å². The molecule has 112 valence electrons. The number of nitrogens with zero attached hydrogens (tertiary/aromatic N) is 1. The quantitative estimate of drug-likeness (QED) is 0.923. The molecule has 0 saturated carbocycles. The van der Waals surface area contributed by atoms with Crippen LogP contribution in [0.3, 0.4) is 0 Å². The first-order chi connectivity index (χ1) is 10.0. The number of ether oxygens (including phenoxy) is 1. The second-order valence-corrected chi connectivity index (χ2v) is 5.21. The van der Waals surface area contributed by atoms with Gasteiger partial charge in [-0.25, -0.2) is 0 Å². The highest BCUT2D eigenvalue weighted by atomic mass is 19.4. The minimum Gasteiger partial charge on any atom is -0.474 e. The van der Waals surface area contributed by atoms with Gasteiger partial charge in [-0.3, -0.25) is 4.98 Å². The summed E-state index contributed by atoms with van der Waals surface area (Å²) in [6.45, 7) is 0.342. The predicted octanol–water partition coefficient (Wildman–Crippen LogP) is 3.30. The number of pyridine rings is 1. The fraction of sp³-hybridized carbons (Fsp3) is 0.400. The lowest BCUT2D eigenvalue weighted by Gasteiger charge is -2.39. The number of aromatic nitrogens is 1. The maximum absolute atomic E-state index is 13.5. The second-order valence-electron chi connectivity index (χ2n) is 5.21. The summed E-state index contributed by atoms with van der Waals surface area (Å²) < 4.78 is 46.0. The predicted molar refractivity (Wildman–Crippen MR) is 73.3 cm³/mol. The summed E-state index contributed by atoms with van der Waals surface area (Å²) >= 11 is 0. The van der Waals surface area contributed by atoms with Gasteiger partial charge in [-0.05, 0) is 31.5 Å². The van der Waals surface area contributed by atoms with Gasteiger partial charge in [-0.1, -0.05) is 18.2 Å². The number of halogens is 3. The van der Waals surface area contributed by atoms with E-state index in [0.717, 1.165) is 5.39 Å². The Kier molecular flexibility index (Phi) is 3.49. The summed E-state index contributed by atoms with van der Waals surface area (Å²) in [6, 6.07) is 8.56. The Labute approximate surface area is 120 Å². The van der Waals surface area contributed by atoms with Gasteiger partial charge in [0.25, 0.3) is 0 Å². The van der Waals surface area contributed by atoms with Crippen LogP contribution in [0.5, 0.6) is 5.75 Å². The van der Waals surface area contributed by atoms with Crippen molar-refractivity contribution in [1.29, 1.82) is 0 Å². The monoisotopic (exact) mass is 296 g/mol. The van der Waals surface area contributed by atoms with Gasteiger partial charge in [0.2, 0.25) is 5.60 Å². The topological polar surface area (TPSA) is 34.1 Å². The molecule has 1 aliphatic rings. The summed E-state index contributed by atoms with van der Waals surface area (Å²) in [5, 5.41) is 3.55. The number of alkyl halides is 3. The van der Waals surface area contributed by atoms with Crippen LogP contribution in [-0.4, -0.2) is 29.9 Å². The summed E-state index contributed by atoms with van der Waals surface area (Å²) in [5.41, 5.74) is -1.73. The summed E-state index contributed by atoms with van der Waals surface area (Å²) in [7, 11) is 0. The lowest BCUT2D eigenvalue weighted by atomic mass is 9.93. The minimum absolute atomic E-state index is 0.0489. The van der Waals surface area contributed by atoms with Gasteiger partial charge in [0.05, 0.1) is 0 Å². The molecule has 6 heteroatoms. The molecule has 1 atom stereocenters. The molecule has 0 amide bonds. The first-order valence-corrected chi connectivity index (χ1v) is 6.82. The third kappa shape index (κ3) is 2.55. The van der Waals surface area contributed by atoms with E-state index in [1.807, 2.05) is 0 Å². The Bertz CT molecular complexity index is 631. The number of para-hydroxylation sites is 1. The number of hydrogen-bond donors (Lipinski definition) is 1. The molecule has 1 N–H and O–H groups in total. The van der Waals surface area contributed by atoms with E-state index in [-0.39, 0.29) is 18.7 Å². The van der Waals surface area contributed by atoms with Crippen LogP contribution >= 0.6 is 0 Å². The van der Waals surface area contributed by atoms with Crippen LogP contribution in [0.15, 0.2) is 36.5 Å². The Morgan fingerprint density at radius 1 is 1.19 bits per heavy atom. The van der Waals surface area contributed by atoms with Crippen molar-refractivity contribution in [2.75, 3.05) is 13.1 Å². The van der Waals surface area contributed by atoms with Gasteiger partial charge in [0, 0.05) is 18.1 Å². The molecule has 3 rings (SSSR count). The average molecular weight is 296 g/mol. The highest BCUT2D eigenvalue weighted by molar-refractivity contribution is 5.84. The van der Waals surface area contributed by atoms with Crippen molar-refractivity contribution in [1.82, 2.24) is 10.3 Å². The van der Waals surface area contributed by atoms with Gasteiger partial charge in [0.15, 0.2) is 0 Å². The molecule has 1 unspecified atom stereocenters. The van der Waals surface area contributed by atoms with Crippen LogP contribution < -0.4 is 10.1 Å². The second kappa shape index (κ2) is 5.18. The van der Waals surface area contributed by atoms with Crippen LogP contribution in [-0.2, 0) is 0 Å². The van der Waals surface area contributed by atoms with E-state index in [1.165, 1.54) is 6.07 Å². The highest BCUT2D eigenvalue weighted by Gasteiger charge is 2.57.